The van der Waals surface area contributed by atoms with Crippen molar-refractivity contribution in [2.24, 2.45) is 5.73 Å². The van der Waals surface area contributed by atoms with Crippen molar-refractivity contribution >= 4 is 5.97 Å². The van der Waals surface area contributed by atoms with Crippen LogP contribution in [0.2, 0.25) is 0 Å². The van der Waals surface area contributed by atoms with Crippen LogP contribution in [0.25, 0.3) is 11.1 Å². The Balaban J connectivity index is 2.31. The van der Waals surface area contributed by atoms with E-state index in [0.29, 0.717) is 6.42 Å². The van der Waals surface area contributed by atoms with Gasteiger partial charge in [-0.3, -0.25) is 4.79 Å². The molecule has 2 rings (SSSR count). The van der Waals surface area contributed by atoms with Crippen LogP contribution in [-0.2, 0) is 16.0 Å². The molecule has 0 saturated carbocycles. The summed E-state index contributed by atoms with van der Waals surface area (Å²) >= 11 is 0. The molecule has 0 saturated heterocycles. The van der Waals surface area contributed by atoms with Crippen molar-refractivity contribution in [2.45, 2.75) is 19.4 Å². The Morgan fingerprint density at radius 1 is 1.15 bits per heavy atom. The second-order valence-electron chi connectivity index (χ2n) is 4.86. The van der Waals surface area contributed by atoms with Gasteiger partial charge in [0.2, 0.25) is 0 Å². The maximum absolute atomic E-state index is 11.5. The van der Waals surface area contributed by atoms with Crippen molar-refractivity contribution in [2.75, 3.05) is 7.11 Å². The summed E-state index contributed by atoms with van der Waals surface area (Å²) in [6, 6.07) is 15.7. The molecule has 104 valence electrons. The van der Waals surface area contributed by atoms with Gasteiger partial charge in [-0.15, -0.1) is 0 Å². The molecule has 0 spiro atoms. The molecule has 2 N–H and O–H groups in total. The lowest BCUT2D eigenvalue weighted by molar-refractivity contribution is -0.142. The van der Waals surface area contributed by atoms with Gasteiger partial charge in [-0.25, -0.2) is 0 Å². The SMILES string of the molecule is COC(=O)C(N)Cc1ccccc1-c1ccc(C)cc1. The van der Waals surface area contributed by atoms with Crippen LogP contribution in [-0.4, -0.2) is 19.1 Å². The van der Waals surface area contributed by atoms with Gasteiger partial charge in [-0.1, -0.05) is 54.1 Å². The van der Waals surface area contributed by atoms with Gasteiger partial charge in [-0.05, 0) is 30.0 Å². The number of carbonyl (C=O) groups excluding carboxylic acids is 1. The number of benzene rings is 2. The number of rotatable bonds is 4. The summed E-state index contributed by atoms with van der Waals surface area (Å²) in [5, 5.41) is 0. The number of hydrogen-bond acceptors (Lipinski definition) is 3. The normalized spacial score (nSPS) is 11.9. The summed E-state index contributed by atoms with van der Waals surface area (Å²) in [6.07, 6.45) is 0.469. The first-order valence-corrected chi connectivity index (χ1v) is 6.60. The predicted octanol–water partition coefficient (Wildman–Crippen LogP) is 2.70. The van der Waals surface area contributed by atoms with Gasteiger partial charge >= 0.3 is 5.97 Å². The van der Waals surface area contributed by atoms with Gasteiger partial charge in [0, 0.05) is 0 Å². The maximum atomic E-state index is 11.5. The summed E-state index contributed by atoms with van der Waals surface area (Å²) in [5.41, 5.74) is 10.4. The number of hydrogen-bond donors (Lipinski definition) is 1. The summed E-state index contributed by atoms with van der Waals surface area (Å²) < 4.78 is 4.68. The molecule has 20 heavy (non-hydrogen) atoms. The molecular weight excluding hydrogens is 250 g/mol. The van der Waals surface area contributed by atoms with Gasteiger partial charge in [-0.2, -0.15) is 0 Å². The van der Waals surface area contributed by atoms with Crippen molar-refractivity contribution in [1.29, 1.82) is 0 Å². The second-order valence-corrected chi connectivity index (χ2v) is 4.86. The number of carbonyl (C=O) groups is 1. The molecule has 3 nitrogen and oxygen atoms in total. The third-order valence-corrected chi connectivity index (χ3v) is 3.32. The highest BCUT2D eigenvalue weighted by Gasteiger charge is 2.16. The van der Waals surface area contributed by atoms with Crippen molar-refractivity contribution in [3.05, 3.63) is 59.7 Å². The van der Waals surface area contributed by atoms with Crippen molar-refractivity contribution < 1.29 is 9.53 Å². The van der Waals surface area contributed by atoms with E-state index in [2.05, 4.69) is 35.9 Å². The van der Waals surface area contributed by atoms with Gasteiger partial charge in [0.15, 0.2) is 0 Å². The Morgan fingerprint density at radius 2 is 1.80 bits per heavy atom. The van der Waals surface area contributed by atoms with Gasteiger partial charge in [0.1, 0.15) is 6.04 Å². The number of ether oxygens (including phenoxy) is 1. The molecule has 0 aliphatic carbocycles. The molecule has 3 heteroatoms. The molecule has 0 aliphatic rings. The van der Waals surface area contributed by atoms with Crippen molar-refractivity contribution in [3.63, 3.8) is 0 Å². The molecule has 2 aromatic rings. The van der Waals surface area contributed by atoms with Gasteiger partial charge < -0.3 is 10.5 Å². The highest BCUT2D eigenvalue weighted by molar-refractivity contribution is 5.77. The third-order valence-electron chi connectivity index (χ3n) is 3.32. The lowest BCUT2D eigenvalue weighted by atomic mass is 9.95. The summed E-state index contributed by atoms with van der Waals surface area (Å²) in [5.74, 6) is -0.385. The maximum Gasteiger partial charge on any atom is 0.322 e. The fourth-order valence-corrected chi connectivity index (χ4v) is 2.18. The van der Waals surface area contributed by atoms with Crippen molar-refractivity contribution in [3.8, 4) is 11.1 Å². The van der Waals surface area contributed by atoms with Crippen molar-refractivity contribution in [1.82, 2.24) is 0 Å². The zero-order valence-electron chi connectivity index (χ0n) is 11.8. The van der Waals surface area contributed by atoms with E-state index in [1.165, 1.54) is 12.7 Å². The number of aryl methyl sites for hydroxylation is 1. The highest BCUT2D eigenvalue weighted by atomic mass is 16.5. The molecular formula is C17H19NO2. The zero-order valence-corrected chi connectivity index (χ0v) is 11.8. The second kappa shape index (κ2) is 6.35. The van der Waals surface area contributed by atoms with Crippen LogP contribution < -0.4 is 5.73 Å². The van der Waals surface area contributed by atoms with E-state index in [-0.39, 0.29) is 5.97 Å². The van der Waals surface area contributed by atoms with E-state index >= 15 is 0 Å². The molecule has 2 aromatic carbocycles. The first-order valence-electron chi connectivity index (χ1n) is 6.60. The minimum Gasteiger partial charge on any atom is -0.468 e. The fraction of sp³-hybridized carbons (Fsp3) is 0.235. The Kier molecular flexibility index (Phi) is 4.53. The molecule has 0 aliphatic heterocycles. The standard InChI is InChI=1S/C17H19NO2/c1-12-7-9-13(10-8-12)15-6-4-3-5-14(15)11-16(18)17(19)20-2/h3-10,16H,11,18H2,1-2H3. The lowest BCUT2D eigenvalue weighted by Crippen LogP contribution is -2.33. The van der Waals surface area contributed by atoms with Crippen LogP contribution in [0.1, 0.15) is 11.1 Å². The van der Waals surface area contributed by atoms with Crippen LogP contribution in [0.5, 0.6) is 0 Å². The van der Waals surface area contributed by atoms with E-state index in [1.54, 1.807) is 0 Å². The Morgan fingerprint density at radius 3 is 2.45 bits per heavy atom. The minimum atomic E-state index is -0.633. The van der Waals surface area contributed by atoms with Gasteiger partial charge in [0.25, 0.3) is 0 Å². The van der Waals surface area contributed by atoms with Crippen LogP contribution in [0, 0.1) is 6.92 Å². The largest absolute Gasteiger partial charge is 0.468 e. The van der Waals surface area contributed by atoms with Crippen LogP contribution in [0.15, 0.2) is 48.5 Å². The Bertz CT molecular complexity index is 590. The van der Waals surface area contributed by atoms with Crippen LogP contribution in [0.4, 0.5) is 0 Å². The Labute approximate surface area is 119 Å². The van der Waals surface area contributed by atoms with E-state index < -0.39 is 6.04 Å². The molecule has 1 unspecified atom stereocenters. The summed E-state index contributed by atoms with van der Waals surface area (Å²) in [4.78, 5) is 11.5. The van der Waals surface area contributed by atoms with Gasteiger partial charge in [0.05, 0.1) is 7.11 Å². The molecule has 0 bridgehead atoms. The van der Waals surface area contributed by atoms with E-state index in [9.17, 15) is 4.79 Å². The number of methoxy groups -OCH3 is 1. The highest BCUT2D eigenvalue weighted by Crippen LogP contribution is 2.25. The zero-order chi connectivity index (χ0) is 14.5. The quantitative estimate of drug-likeness (QED) is 0.868. The minimum absolute atomic E-state index is 0.385. The number of nitrogens with two attached hydrogens (primary N) is 1. The van der Waals surface area contributed by atoms with E-state index in [0.717, 1.165) is 16.7 Å². The average molecular weight is 269 g/mol. The molecule has 0 fully saturated rings. The van der Waals surface area contributed by atoms with Crippen LogP contribution in [0.3, 0.4) is 0 Å². The molecule has 0 radical (unpaired) electrons. The summed E-state index contributed by atoms with van der Waals surface area (Å²) in [6.45, 7) is 2.06. The molecule has 0 aromatic heterocycles. The molecule has 0 amide bonds. The monoisotopic (exact) mass is 269 g/mol. The first-order chi connectivity index (χ1) is 9.61. The molecule has 1 atom stereocenters. The predicted molar refractivity (Wildman–Crippen MR) is 80.3 cm³/mol. The fourth-order valence-electron chi connectivity index (χ4n) is 2.18. The third kappa shape index (κ3) is 3.25. The molecule has 0 heterocycles. The average Bonchev–Trinajstić information content (AvgIpc) is 2.48. The Hall–Kier alpha value is -2.13. The first kappa shape index (κ1) is 14.3. The topological polar surface area (TPSA) is 52.3 Å². The number of esters is 1. The lowest BCUT2D eigenvalue weighted by Gasteiger charge is -2.13. The smallest absolute Gasteiger partial charge is 0.322 e. The van der Waals surface area contributed by atoms with Crippen LogP contribution >= 0.6 is 0 Å². The summed E-state index contributed by atoms with van der Waals surface area (Å²) in [7, 11) is 1.36. The van der Waals surface area contributed by atoms with E-state index in [1.807, 2.05) is 24.3 Å². The van der Waals surface area contributed by atoms with E-state index in [4.69, 9.17) is 5.73 Å².